The number of ether oxygens (including phenoxy) is 2. The molecule has 2 N–H and O–H groups in total. The summed E-state index contributed by atoms with van der Waals surface area (Å²) < 4.78 is 10.4. The Balaban J connectivity index is 1.68. The third kappa shape index (κ3) is 7.86. The Morgan fingerprint density at radius 2 is 1.82 bits per heavy atom. The number of rotatable bonds is 10. The zero-order valence-corrected chi connectivity index (χ0v) is 17.2. The number of likely N-dealkylation sites (tertiary alicyclic amines) is 1. The van der Waals surface area contributed by atoms with E-state index >= 15 is 0 Å². The van der Waals surface area contributed by atoms with Gasteiger partial charge in [-0.1, -0.05) is 12.1 Å². The monoisotopic (exact) mass is 390 g/mol. The van der Waals surface area contributed by atoms with E-state index in [2.05, 4.69) is 15.6 Å². The van der Waals surface area contributed by atoms with E-state index in [1.807, 2.05) is 29.2 Å². The van der Waals surface area contributed by atoms with E-state index in [1.165, 1.54) is 6.42 Å². The summed E-state index contributed by atoms with van der Waals surface area (Å²) in [5.74, 6) is 0.898. The molecular formula is C21H34N4O3. The van der Waals surface area contributed by atoms with E-state index in [9.17, 15) is 4.79 Å². The molecule has 0 aromatic heterocycles. The number of carbonyl (C=O) groups excluding carboxylic acids is 1. The van der Waals surface area contributed by atoms with Crippen molar-refractivity contribution in [2.75, 3.05) is 53.6 Å². The maximum atomic E-state index is 12.5. The summed E-state index contributed by atoms with van der Waals surface area (Å²) in [4.78, 5) is 18.7. The fourth-order valence-electron chi connectivity index (χ4n) is 3.08. The lowest BCUT2D eigenvalue weighted by molar-refractivity contribution is 0.0698. The Morgan fingerprint density at radius 1 is 1.07 bits per heavy atom. The zero-order valence-electron chi connectivity index (χ0n) is 17.2. The lowest BCUT2D eigenvalue weighted by Crippen LogP contribution is -2.37. The third-order valence-electron chi connectivity index (χ3n) is 4.72. The van der Waals surface area contributed by atoms with Gasteiger partial charge < -0.3 is 25.0 Å². The van der Waals surface area contributed by atoms with Gasteiger partial charge in [0.1, 0.15) is 0 Å². The van der Waals surface area contributed by atoms with Crippen molar-refractivity contribution in [1.82, 2.24) is 15.5 Å². The van der Waals surface area contributed by atoms with Crippen LogP contribution < -0.4 is 10.6 Å². The fraction of sp³-hybridized carbons (Fsp3) is 0.619. The van der Waals surface area contributed by atoms with Gasteiger partial charge in [0.15, 0.2) is 5.96 Å². The van der Waals surface area contributed by atoms with Crippen molar-refractivity contribution >= 4 is 11.9 Å². The van der Waals surface area contributed by atoms with Gasteiger partial charge >= 0.3 is 0 Å². The standard InChI is InChI=1S/C21H34N4O3/c1-22-21(23-11-6-14-28-16-15-27-2)24-17-18-7-9-19(10-8-18)20(26)25-12-4-3-5-13-25/h7-10H,3-6,11-17H2,1-2H3,(H2,22,23,24). The summed E-state index contributed by atoms with van der Waals surface area (Å²) in [5.41, 5.74) is 1.88. The van der Waals surface area contributed by atoms with Crippen molar-refractivity contribution in [3.8, 4) is 0 Å². The minimum absolute atomic E-state index is 0.143. The molecule has 156 valence electrons. The van der Waals surface area contributed by atoms with E-state index in [1.54, 1.807) is 14.2 Å². The van der Waals surface area contributed by atoms with Crippen LogP contribution >= 0.6 is 0 Å². The number of hydrogen-bond acceptors (Lipinski definition) is 4. The minimum atomic E-state index is 0.143. The molecular weight excluding hydrogens is 356 g/mol. The van der Waals surface area contributed by atoms with Gasteiger partial charge in [0.25, 0.3) is 5.91 Å². The third-order valence-corrected chi connectivity index (χ3v) is 4.72. The highest BCUT2D eigenvalue weighted by molar-refractivity contribution is 5.94. The molecule has 1 amide bonds. The molecule has 0 spiro atoms. The van der Waals surface area contributed by atoms with Gasteiger partial charge in [0, 0.05) is 52.5 Å². The second kappa shape index (κ2) is 13.1. The van der Waals surface area contributed by atoms with Gasteiger partial charge in [-0.3, -0.25) is 9.79 Å². The van der Waals surface area contributed by atoms with Gasteiger partial charge in [0.2, 0.25) is 0 Å². The molecule has 1 aromatic rings. The normalized spacial score (nSPS) is 14.8. The van der Waals surface area contributed by atoms with Crippen molar-refractivity contribution in [3.05, 3.63) is 35.4 Å². The van der Waals surface area contributed by atoms with Crippen molar-refractivity contribution in [2.24, 2.45) is 4.99 Å². The molecule has 1 aliphatic rings. The number of piperidine rings is 1. The van der Waals surface area contributed by atoms with E-state index in [0.29, 0.717) is 26.4 Å². The first-order valence-electron chi connectivity index (χ1n) is 10.1. The topological polar surface area (TPSA) is 75.2 Å². The Kier molecular flexibility index (Phi) is 10.4. The Morgan fingerprint density at radius 3 is 2.50 bits per heavy atom. The number of nitrogens with one attached hydrogen (secondary N) is 2. The summed E-state index contributed by atoms with van der Waals surface area (Å²) in [6.45, 7) is 5.14. The highest BCUT2D eigenvalue weighted by Crippen LogP contribution is 2.13. The Labute approximate surface area is 168 Å². The van der Waals surface area contributed by atoms with Crippen LogP contribution in [0.25, 0.3) is 0 Å². The number of aliphatic imine (C=N–C) groups is 1. The second-order valence-electron chi connectivity index (χ2n) is 6.86. The van der Waals surface area contributed by atoms with Crippen LogP contribution in [-0.4, -0.2) is 70.4 Å². The molecule has 28 heavy (non-hydrogen) atoms. The van der Waals surface area contributed by atoms with Crippen LogP contribution in [0, 0.1) is 0 Å². The summed E-state index contributed by atoms with van der Waals surface area (Å²) in [7, 11) is 3.42. The first-order valence-corrected chi connectivity index (χ1v) is 10.1. The number of methoxy groups -OCH3 is 1. The van der Waals surface area contributed by atoms with Gasteiger partial charge in [0.05, 0.1) is 13.2 Å². The van der Waals surface area contributed by atoms with Gasteiger partial charge in [-0.25, -0.2) is 0 Å². The average molecular weight is 391 g/mol. The minimum Gasteiger partial charge on any atom is -0.382 e. The molecule has 1 fully saturated rings. The molecule has 0 radical (unpaired) electrons. The Hall–Kier alpha value is -2.12. The zero-order chi connectivity index (χ0) is 20.0. The summed E-state index contributed by atoms with van der Waals surface area (Å²) in [6, 6.07) is 7.84. The molecule has 0 saturated carbocycles. The van der Waals surface area contributed by atoms with Crippen LogP contribution in [0.2, 0.25) is 0 Å². The van der Waals surface area contributed by atoms with Crippen LogP contribution in [-0.2, 0) is 16.0 Å². The maximum absolute atomic E-state index is 12.5. The quantitative estimate of drug-likeness (QED) is 0.363. The van der Waals surface area contributed by atoms with Crippen molar-refractivity contribution in [3.63, 3.8) is 0 Å². The number of carbonyl (C=O) groups is 1. The molecule has 7 nitrogen and oxygen atoms in total. The van der Waals surface area contributed by atoms with Crippen LogP contribution in [0.4, 0.5) is 0 Å². The largest absolute Gasteiger partial charge is 0.382 e. The highest BCUT2D eigenvalue weighted by atomic mass is 16.5. The van der Waals surface area contributed by atoms with E-state index < -0.39 is 0 Å². The molecule has 7 heteroatoms. The summed E-state index contributed by atoms with van der Waals surface area (Å²) in [5, 5.41) is 6.56. The smallest absolute Gasteiger partial charge is 0.253 e. The average Bonchev–Trinajstić information content (AvgIpc) is 2.75. The highest BCUT2D eigenvalue weighted by Gasteiger charge is 2.17. The number of guanidine groups is 1. The van der Waals surface area contributed by atoms with Crippen LogP contribution in [0.5, 0.6) is 0 Å². The first-order chi connectivity index (χ1) is 13.7. The molecule has 0 aliphatic carbocycles. The molecule has 1 saturated heterocycles. The second-order valence-corrected chi connectivity index (χ2v) is 6.86. The first kappa shape index (κ1) is 22.2. The molecule has 1 aromatic carbocycles. The fourth-order valence-corrected chi connectivity index (χ4v) is 3.08. The molecule has 0 bridgehead atoms. The number of amides is 1. The predicted octanol–water partition coefficient (Wildman–Crippen LogP) is 2.03. The van der Waals surface area contributed by atoms with Crippen LogP contribution in [0.3, 0.4) is 0 Å². The Bertz CT molecular complexity index is 598. The maximum Gasteiger partial charge on any atom is 0.253 e. The van der Waals surface area contributed by atoms with Crippen molar-refractivity contribution in [1.29, 1.82) is 0 Å². The number of benzene rings is 1. The number of hydrogen-bond donors (Lipinski definition) is 2. The molecule has 1 heterocycles. The van der Waals surface area contributed by atoms with Gasteiger partial charge in [-0.05, 0) is 43.4 Å². The molecule has 2 rings (SSSR count). The summed E-state index contributed by atoms with van der Waals surface area (Å²) in [6.07, 6.45) is 4.35. The van der Waals surface area contributed by atoms with E-state index in [4.69, 9.17) is 9.47 Å². The summed E-state index contributed by atoms with van der Waals surface area (Å²) >= 11 is 0. The van der Waals surface area contributed by atoms with Gasteiger partial charge in [-0.2, -0.15) is 0 Å². The van der Waals surface area contributed by atoms with E-state index in [-0.39, 0.29) is 5.91 Å². The molecule has 0 atom stereocenters. The number of nitrogens with zero attached hydrogens (tertiary/aromatic N) is 2. The SMILES string of the molecule is CN=C(NCCCOCCOC)NCc1ccc(C(=O)N2CCCCC2)cc1. The molecule has 1 aliphatic heterocycles. The van der Waals surface area contributed by atoms with Crippen LogP contribution in [0.15, 0.2) is 29.3 Å². The van der Waals surface area contributed by atoms with Gasteiger partial charge in [-0.15, -0.1) is 0 Å². The lowest BCUT2D eigenvalue weighted by Gasteiger charge is -2.26. The molecule has 0 unspecified atom stereocenters. The van der Waals surface area contributed by atoms with Crippen LogP contribution in [0.1, 0.15) is 41.6 Å². The predicted molar refractivity (Wildman–Crippen MR) is 112 cm³/mol. The lowest BCUT2D eigenvalue weighted by atomic mass is 10.1. The van der Waals surface area contributed by atoms with E-state index in [0.717, 1.165) is 56.0 Å². The van der Waals surface area contributed by atoms with Crippen molar-refractivity contribution in [2.45, 2.75) is 32.2 Å². The van der Waals surface area contributed by atoms with Crippen molar-refractivity contribution < 1.29 is 14.3 Å².